The van der Waals surface area contributed by atoms with Crippen LogP contribution in [0.15, 0.2) is 65.9 Å². The fourth-order valence-electron chi connectivity index (χ4n) is 4.68. The number of benzene rings is 1. The topological polar surface area (TPSA) is 101 Å². The van der Waals surface area contributed by atoms with E-state index in [0.29, 0.717) is 37.8 Å². The Bertz CT molecular complexity index is 1240. The summed E-state index contributed by atoms with van der Waals surface area (Å²) in [5, 5.41) is 12.1. The first-order valence-electron chi connectivity index (χ1n) is 14.6. The van der Waals surface area contributed by atoms with E-state index in [2.05, 4.69) is 27.5 Å². The van der Waals surface area contributed by atoms with Crippen molar-refractivity contribution in [3.05, 3.63) is 71.5 Å². The molecule has 8 nitrogen and oxygen atoms in total. The van der Waals surface area contributed by atoms with Crippen molar-refractivity contribution in [2.24, 2.45) is 11.8 Å². The fourth-order valence-corrected chi connectivity index (χ4v) is 4.68. The van der Waals surface area contributed by atoms with Crippen molar-refractivity contribution >= 4 is 23.4 Å². The van der Waals surface area contributed by atoms with Gasteiger partial charge in [0.25, 0.3) is 0 Å². The van der Waals surface area contributed by atoms with Crippen LogP contribution in [0.3, 0.4) is 0 Å². The van der Waals surface area contributed by atoms with Gasteiger partial charge in [0.1, 0.15) is 18.2 Å². The van der Waals surface area contributed by atoms with E-state index in [1.165, 1.54) is 0 Å². The number of amides is 1. The van der Waals surface area contributed by atoms with Crippen molar-refractivity contribution in [1.29, 1.82) is 0 Å². The number of para-hydroxylation sites is 1. The molecule has 0 spiro atoms. The van der Waals surface area contributed by atoms with Crippen molar-refractivity contribution in [2.45, 2.75) is 53.9 Å². The summed E-state index contributed by atoms with van der Waals surface area (Å²) >= 11 is 0. The molecule has 0 bridgehead atoms. The van der Waals surface area contributed by atoms with Crippen LogP contribution in [0.1, 0.15) is 53.0 Å². The monoisotopic (exact) mass is 575 g/mol. The van der Waals surface area contributed by atoms with Gasteiger partial charge < -0.3 is 24.8 Å². The van der Waals surface area contributed by atoms with Gasteiger partial charge in [0.05, 0.1) is 30.0 Å². The van der Waals surface area contributed by atoms with Gasteiger partial charge >= 0.3 is 5.97 Å². The SMILES string of the molecule is C#CC.C/C=C(\C=C(/C)COCC1CCN(c2ccc(NC(=O)C3COc4ccccc4C3)cn2)CC1)C(=O)O.CC. The Hall–Kier alpha value is -4.09. The summed E-state index contributed by atoms with van der Waals surface area (Å²) in [5.41, 5.74) is 2.92. The Labute approximate surface area is 250 Å². The van der Waals surface area contributed by atoms with Crippen molar-refractivity contribution in [1.82, 2.24) is 4.98 Å². The van der Waals surface area contributed by atoms with E-state index >= 15 is 0 Å². The number of aromatic nitrogens is 1. The molecule has 2 aliphatic rings. The molecule has 42 heavy (non-hydrogen) atoms. The average molecular weight is 576 g/mol. The number of piperidine rings is 1. The zero-order valence-corrected chi connectivity index (χ0v) is 25.6. The van der Waals surface area contributed by atoms with E-state index in [1.54, 1.807) is 32.2 Å². The number of carboxylic acids is 1. The maximum Gasteiger partial charge on any atom is 0.335 e. The predicted molar refractivity (Wildman–Crippen MR) is 169 cm³/mol. The summed E-state index contributed by atoms with van der Waals surface area (Å²) in [6.07, 6.45) is 12.2. The molecule has 1 amide bonds. The number of hydrogen-bond donors (Lipinski definition) is 2. The Kier molecular flexibility index (Phi) is 14.9. The molecule has 1 fully saturated rings. The number of ether oxygens (including phenoxy) is 2. The van der Waals surface area contributed by atoms with Crippen LogP contribution in [0.25, 0.3) is 0 Å². The standard InChI is InChI=1S/C29H35N3O5.C3H4.C2H6/c1-3-22(29(34)35)14-20(2)17-36-18-21-10-12-32(13-11-21)27-9-8-25(16-30-27)31-28(33)24-15-23-6-4-5-7-26(23)37-19-24;1-3-2;1-2/h3-9,14,16,21,24H,10-13,15,17-19H2,1-2H3,(H,31,33)(H,34,35);1H,2H3;1-2H3/b20-14+,22-3+;;. The van der Waals surface area contributed by atoms with E-state index < -0.39 is 5.97 Å². The first-order valence-corrected chi connectivity index (χ1v) is 14.6. The number of nitrogens with one attached hydrogen (secondary N) is 1. The van der Waals surface area contributed by atoms with Crippen molar-refractivity contribution < 1.29 is 24.2 Å². The van der Waals surface area contributed by atoms with Gasteiger partial charge in [0.15, 0.2) is 0 Å². The van der Waals surface area contributed by atoms with E-state index in [4.69, 9.17) is 14.6 Å². The normalized spacial score (nSPS) is 16.8. The number of rotatable bonds is 9. The Morgan fingerprint density at radius 2 is 1.90 bits per heavy atom. The number of hydrogen-bond acceptors (Lipinski definition) is 6. The van der Waals surface area contributed by atoms with Crippen LogP contribution in [-0.2, 0) is 20.7 Å². The highest BCUT2D eigenvalue weighted by Gasteiger charge is 2.26. The third-order valence-electron chi connectivity index (χ3n) is 6.85. The predicted octanol–water partition coefficient (Wildman–Crippen LogP) is 6.15. The Morgan fingerprint density at radius 3 is 2.52 bits per heavy atom. The summed E-state index contributed by atoms with van der Waals surface area (Å²) in [6.45, 7) is 12.5. The fraction of sp³-hybridized carbons (Fsp3) is 0.441. The molecule has 0 aliphatic carbocycles. The molecule has 2 aromatic rings. The van der Waals surface area contributed by atoms with Crippen LogP contribution in [0.2, 0.25) is 0 Å². The van der Waals surface area contributed by atoms with Crippen LogP contribution < -0.4 is 15.0 Å². The molecule has 3 heterocycles. The number of carbonyl (C=O) groups is 2. The second-order valence-electron chi connectivity index (χ2n) is 9.99. The summed E-state index contributed by atoms with van der Waals surface area (Å²) < 4.78 is 11.6. The van der Waals surface area contributed by atoms with Crippen molar-refractivity contribution in [3.63, 3.8) is 0 Å². The first-order chi connectivity index (χ1) is 20.3. The van der Waals surface area contributed by atoms with Gasteiger partial charge in [-0.05, 0) is 81.4 Å². The molecule has 2 N–H and O–H groups in total. The third kappa shape index (κ3) is 10.7. The number of aliphatic carboxylic acids is 1. The minimum atomic E-state index is -0.928. The highest BCUT2D eigenvalue weighted by Crippen LogP contribution is 2.28. The lowest BCUT2D eigenvalue weighted by molar-refractivity contribution is -0.132. The third-order valence-corrected chi connectivity index (χ3v) is 6.85. The average Bonchev–Trinajstić information content (AvgIpc) is 3.01. The molecule has 0 radical (unpaired) electrons. The van der Waals surface area contributed by atoms with E-state index in [9.17, 15) is 9.59 Å². The molecule has 1 atom stereocenters. The van der Waals surface area contributed by atoms with Crippen molar-refractivity contribution in [2.75, 3.05) is 43.1 Å². The maximum absolute atomic E-state index is 12.8. The molecule has 226 valence electrons. The van der Waals surface area contributed by atoms with Gasteiger partial charge in [-0.1, -0.05) is 38.1 Å². The molecular formula is C34H45N3O5. The minimum Gasteiger partial charge on any atom is -0.492 e. The van der Waals surface area contributed by atoms with E-state index in [-0.39, 0.29) is 17.4 Å². The van der Waals surface area contributed by atoms with Gasteiger partial charge in [-0.2, -0.15) is 0 Å². The van der Waals surface area contributed by atoms with Crippen molar-refractivity contribution in [3.8, 4) is 18.1 Å². The number of carboxylic acid groups (broad SMARTS) is 1. The molecule has 0 saturated carbocycles. The number of terminal acetylenes is 1. The van der Waals surface area contributed by atoms with E-state index in [1.807, 2.05) is 57.2 Å². The van der Waals surface area contributed by atoms with Crippen LogP contribution in [0.5, 0.6) is 5.75 Å². The number of allylic oxidation sites excluding steroid dienone is 1. The lowest BCUT2D eigenvalue weighted by atomic mass is 9.96. The summed E-state index contributed by atoms with van der Waals surface area (Å²) in [6, 6.07) is 11.7. The number of pyridine rings is 1. The summed E-state index contributed by atoms with van der Waals surface area (Å²) in [7, 11) is 0. The molecule has 1 aromatic heterocycles. The zero-order chi connectivity index (χ0) is 30.9. The zero-order valence-electron chi connectivity index (χ0n) is 25.6. The largest absolute Gasteiger partial charge is 0.492 e. The number of anilines is 2. The second kappa shape index (κ2) is 18.4. The molecule has 1 saturated heterocycles. The van der Waals surface area contributed by atoms with E-state index in [0.717, 1.165) is 48.6 Å². The lowest BCUT2D eigenvalue weighted by Crippen LogP contribution is -2.35. The van der Waals surface area contributed by atoms with Gasteiger partial charge in [-0.15, -0.1) is 12.3 Å². The first kappa shape index (κ1) is 34.1. The Morgan fingerprint density at radius 1 is 1.21 bits per heavy atom. The quantitative estimate of drug-likeness (QED) is 0.210. The molecular weight excluding hydrogens is 530 g/mol. The van der Waals surface area contributed by atoms with Gasteiger partial charge in [-0.3, -0.25) is 4.79 Å². The molecule has 1 unspecified atom stereocenters. The smallest absolute Gasteiger partial charge is 0.335 e. The Balaban J connectivity index is 0.00000116. The van der Waals surface area contributed by atoms with Gasteiger partial charge in [-0.25, -0.2) is 9.78 Å². The molecule has 1 aromatic carbocycles. The minimum absolute atomic E-state index is 0.0557. The molecule has 2 aliphatic heterocycles. The highest BCUT2D eigenvalue weighted by atomic mass is 16.5. The summed E-state index contributed by atoms with van der Waals surface area (Å²) in [4.78, 5) is 30.7. The number of carbonyl (C=O) groups excluding carboxylic acids is 1. The van der Waals surface area contributed by atoms with Crippen LogP contribution in [0, 0.1) is 24.2 Å². The lowest BCUT2D eigenvalue weighted by Gasteiger charge is -2.32. The van der Waals surface area contributed by atoms with Crippen LogP contribution >= 0.6 is 0 Å². The highest BCUT2D eigenvalue weighted by molar-refractivity contribution is 5.93. The second-order valence-corrected chi connectivity index (χ2v) is 9.99. The van der Waals surface area contributed by atoms with Gasteiger partial charge in [0, 0.05) is 19.7 Å². The number of nitrogens with zero attached hydrogens (tertiary/aromatic N) is 2. The van der Waals surface area contributed by atoms with Crippen LogP contribution in [0.4, 0.5) is 11.5 Å². The summed E-state index contributed by atoms with van der Waals surface area (Å²) in [5.74, 6) is 3.27. The maximum atomic E-state index is 12.8. The van der Waals surface area contributed by atoms with Crippen LogP contribution in [-0.4, -0.2) is 54.9 Å². The molecule has 8 heteroatoms. The van der Waals surface area contributed by atoms with Gasteiger partial charge in [0.2, 0.25) is 5.91 Å². The molecule has 4 rings (SSSR count). The number of fused-ring (bicyclic) bond motifs is 1.